The zero-order chi connectivity index (χ0) is 16.5. The van der Waals surface area contributed by atoms with Crippen LogP contribution in [0.4, 0.5) is 0 Å². The number of hydrogen-bond acceptors (Lipinski definition) is 5. The smallest absolute Gasteiger partial charge is 0.191 e. The van der Waals surface area contributed by atoms with E-state index in [1.807, 2.05) is 17.0 Å². The monoisotopic (exact) mass is 323 g/mol. The lowest BCUT2D eigenvalue weighted by atomic mass is 10.3. The van der Waals surface area contributed by atoms with Crippen LogP contribution in [-0.4, -0.2) is 64.5 Å². The van der Waals surface area contributed by atoms with Crippen molar-refractivity contribution in [2.45, 2.75) is 6.42 Å². The van der Waals surface area contributed by atoms with Crippen LogP contribution in [0.15, 0.2) is 23.2 Å². The molecule has 23 heavy (non-hydrogen) atoms. The molecule has 0 atom stereocenters. The highest BCUT2D eigenvalue weighted by atomic mass is 16.5. The SMILES string of the molecule is COc1cc(OC)cc(OCCCN=C(N)N2CCOCC2)c1. The lowest BCUT2D eigenvalue weighted by Gasteiger charge is -2.27. The minimum absolute atomic E-state index is 0.552. The maximum absolute atomic E-state index is 5.96. The Morgan fingerprint density at radius 2 is 1.74 bits per heavy atom. The Balaban J connectivity index is 1.74. The third-order valence-electron chi connectivity index (χ3n) is 3.51. The minimum Gasteiger partial charge on any atom is -0.496 e. The summed E-state index contributed by atoms with van der Waals surface area (Å²) in [7, 11) is 3.23. The number of nitrogens with zero attached hydrogens (tertiary/aromatic N) is 2. The molecular formula is C16H25N3O4. The van der Waals surface area contributed by atoms with Crippen LogP contribution < -0.4 is 19.9 Å². The Hall–Kier alpha value is -2.15. The highest BCUT2D eigenvalue weighted by Crippen LogP contribution is 2.27. The number of morpholine rings is 1. The van der Waals surface area contributed by atoms with Crippen molar-refractivity contribution in [3.63, 3.8) is 0 Å². The van der Waals surface area contributed by atoms with Crippen LogP contribution in [-0.2, 0) is 4.74 Å². The second-order valence-electron chi connectivity index (χ2n) is 5.09. The first-order valence-corrected chi connectivity index (χ1v) is 7.71. The van der Waals surface area contributed by atoms with Crippen LogP contribution in [0.3, 0.4) is 0 Å². The molecule has 0 saturated carbocycles. The van der Waals surface area contributed by atoms with E-state index in [1.165, 1.54) is 0 Å². The molecule has 1 aromatic carbocycles. The number of rotatable bonds is 7. The summed E-state index contributed by atoms with van der Waals surface area (Å²) in [5.41, 5.74) is 5.96. The van der Waals surface area contributed by atoms with Gasteiger partial charge in [0.25, 0.3) is 0 Å². The van der Waals surface area contributed by atoms with Gasteiger partial charge < -0.3 is 29.6 Å². The van der Waals surface area contributed by atoms with E-state index in [2.05, 4.69) is 4.99 Å². The largest absolute Gasteiger partial charge is 0.496 e. The van der Waals surface area contributed by atoms with Gasteiger partial charge in [0.1, 0.15) is 17.2 Å². The van der Waals surface area contributed by atoms with Crippen LogP contribution in [0.5, 0.6) is 17.2 Å². The highest BCUT2D eigenvalue weighted by molar-refractivity contribution is 5.78. The van der Waals surface area contributed by atoms with Gasteiger partial charge in [-0.05, 0) is 0 Å². The fraction of sp³-hybridized carbons (Fsp3) is 0.562. The molecule has 0 radical (unpaired) electrons. The van der Waals surface area contributed by atoms with E-state index in [0.717, 1.165) is 19.5 Å². The Morgan fingerprint density at radius 3 is 2.35 bits per heavy atom. The van der Waals surface area contributed by atoms with Crippen molar-refractivity contribution in [3.05, 3.63) is 18.2 Å². The Labute approximate surface area is 137 Å². The average Bonchev–Trinajstić information content (AvgIpc) is 2.61. The van der Waals surface area contributed by atoms with Crippen molar-refractivity contribution in [3.8, 4) is 17.2 Å². The van der Waals surface area contributed by atoms with Crippen LogP contribution in [0.1, 0.15) is 6.42 Å². The molecule has 2 rings (SSSR count). The van der Waals surface area contributed by atoms with Gasteiger partial charge in [-0.25, -0.2) is 0 Å². The molecule has 0 unspecified atom stereocenters. The summed E-state index contributed by atoms with van der Waals surface area (Å²) in [4.78, 5) is 6.42. The van der Waals surface area contributed by atoms with Gasteiger partial charge in [0.2, 0.25) is 0 Å². The molecule has 0 aliphatic carbocycles. The Kier molecular flexibility index (Phi) is 6.80. The molecule has 1 heterocycles. The molecule has 0 bridgehead atoms. The first-order valence-electron chi connectivity index (χ1n) is 7.71. The van der Waals surface area contributed by atoms with Crippen molar-refractivity contribution in [2.24, 2.45) is 10.7 Å². The topological polar surface area (TPSA) is 78.5 Å². The van der Waals surface area contributed by atoms with Crippen LogP contribution >= 0.6 is 0 Å². The molecule has 0 spiro atoms. The second-order valence-corrected chi connectivity index (χ2v) is 5.09. The van der Waals surface area contributed by atoms with E-state index in [1.54, 1.807) is 20.3 Å². The maximum atomic E-state index is 5.96. The molecule has 1 aliphatic heterocycles. The van der Waals surface area contributed by atoms with Gasteiger partial charge in [0.15, 0.2) is 5.96 Å². The first kappa shape index (κ1) is 17.2. The standard InChI is InChI=1S/C16H25N3O4/c1-20-13-10-14(21-2)12-15(11-13)23-7-3-4-18-16(17)19-5-8-22-9-6-19/h10-12H,3-9H2,1-2H3,(H2,17,18). The van der Waals surface area contributed by atoms with Crippen molar-refractivity contribution < 1.29 is 18.9 Å². The van der Waals surface area contributed by atoms with Crippen molar-refractivity contribution in [2.75, 3.05) is 53.7 Å². The number of methoxy groups -OCH3 is 2. The van der Waals surface area contributed by atoms with Gasteiger partial charge >= 0.3 is 0 Å². The minimum atomic E-state index is 0.552. The summed E-state index contributed by atoms with van der Waals surface area (Å²) in [5.74, 6) is 2.70. The van der Waals surface area contributed by atoms with Gasteiger partial charge in [-0.3, -0.25) is 4.99 Å². The van der Waals surface area contributed by atoms with Gasteiger partial charge in [-0.1, -0.05) is 0 Å². The molecule has 1 fully saturated rings. The zero-order valence-electron chi connectivity index (χ0n) is 13.8. The van der Waals surface area contributed by atoms with E-state index in [0.29, 0.717) is 49.6 Å². The van der Waals surface area contributed by atoms with Gasteiger partial charge in [-0.15, -0.1) is 0 Å². The van der Waals surface area contributed by atoms with Crippen LogP contribution in [0.25, 0.3) is 0 Å². The van der Waals surface area contributed by atoms with E-state index in [9.17, 15) is 0 Å². The Bertz CT molecular complexity index is 494. The quantitative estimate of drug-likeness (QED) is 0.460. The lowest BCUT2D eigenvalue weighted by Crippen LogP contribution is -2.44. The summed E-state index contributed by atoms with van der Waals surface area (Å²) in [5, 5.41) is 0. The molecule has 0 amide bonds. The summed E-state index contributed by atoms with van der Waals surface area (Å²) in [6.07, 6.45) is 0.782. The molecular weight excluding hydrogens is 298 g/mol. The molecule has 7 heteroatoms. The lowest BCUT2D eigenvalue weighted by molar-refractivity contribution is 0.0674. The summed E-state index contributed by atoms with van der Waals surface area (Å²) < 4.78 is 21.4. The molecule has 1 saturated heterocycles. The third kappa shape index (κ3) is 5.52. The number of guanidine groups is 1. The number of ether oxygens (including phenoxy) is 4. The van der Waals surface area contributed by atoms with E-state index >= 15 is 0 Å². The average molecular weight is 323 g/mol. The molecule has 2 N–H and O–H groups in total. The number of nitrogens with two attached hydrogens (primary N) is 1. The Morgan fingerprint density at radius 1 is 1.13 bits per heavy atom. The van der Waals surface area contributed by atoms with Gasteiger partial charge in [0.05, 0.1) is 34.0 Å². The second kappa shape index (κ2) is 9.09. The normalized spacial score (nSPS) is 15.4. The van der Waals surface area contributed by atoms with Gasteiger partial charge in [-0.2, -0.15) is 0 Å². The summed E-state index contributed by atoms with van der Waals surface area (Å²) in [6, 6.07) is 5.46. The highest BCUT2D eigenvalue weighted by Gasteiger charge is 2.11. The van der Waals surface area contributed by atoms with Crippen molar-refractivity contribution in [1.29, 1.82) is 0 Å². The number of aliphatic imine (C=N–C) groups is 1. The fourth-order valence-corrected chi connectivity index (χ4v) is 2.21. The number of hydrogen-bond donors (Lipinski definition) is 1. The van der Waals surface area contributed by atoms with Crippen LogP contribution in [0.2, 0.25) is 0 Å². The third-order valence-corrected chi connectivity index (χ3v) is 3.51. The summed E-state index contributed by atoms with van der Waals surface area (Å²) >= 11 is 0. The van der Waals surface area contributed by atoms with Crippen LogP contribution in [0, 0.1) is 0 Å². The predicted molar refractivity (Wildman–Crippen MR) is 88.5 cm³/mol. The van der Waals surface area contributed by atoms with E-state index in [-0.39, 0.29) is 0 Å². The van der Waals surface area contributed by atoms with Crippen molar-refractivity contribution >= 4 is 5.96 Å². The number of benzene rings is 1. The molecule has 0 aromatic heterocycles. The zero-order valence-corrected chi connectivity index (χ0v) is 13.8. The first-order chi connectivity index (χ1) is 11.2. The molecule has 128 valence electrons. The molecule has 1 aromatic rings. The molecule has 1 aliphatic rings. The molecule has 7 nitrogen and oxygen atoms in total. The fourth-order valence-electron chi connectivity index (χ4n) is 2.21. The van der Waals surface area contributed by atoms with Crippen molar-refractivity contribution in [1.82, 2.24) is 4.90 Å². The predicted octanol–water partition coefficient (Wildman–Crippen LogP) is 1.12. The maximum Gasteiger partial charge on any atom is 0.191 e. The van der Waals surface area contributed by atoms with E-state index < -0.39 is 0 Å². The van der Waals surface area contributed by atoms with Gasteiger partial charge in [0, 0.05) is 44.3 Å². The summed E-state index contributed by atoms with van der Waals surface area (Å²) in [6.45, 7) is 4.19. The van der Waals surface area contributed by atoms with E-state index in [4.69, 9.17) is 24.7 Å².